The Labute approximate surface area is 129 Å². The van der Waals surface area contributed by atoms with E-state index in [1.807, 2.05) is 18.2 Å². The summed E-state index contributed by atoms with van der Waals surface area (Å²) in [5.41, 5.74) is 7.20. The van der Waals surface area contributed by atoms with Crippen LogP contribution in [0.5, 0.6) is 0 Å². The first kappa shape index (κ1) is 15.8. The quantitative estimate of drug-likeness (QED) is 0.785. The van der Waals surface area contributed by atoms with Crippen molar-refractivity contribution in [1.82, 2.24) is 10.2 Å². The molecule has 0 spiro atoms. The number of benzene rings is 1. The number of thioether (sulfide) groups is 1. The molecule has 5 heteroatoms. The van der Waals surface area contributed by atoms with Crippen molar-refractivity contribution in [2.45, 2.75) is 31.5 Å². The molecule has 2 N–H and O–H groups in total. The van der Waals surface area contributed by atoms with E-state index in [-0.39, 0.29) is 6.04 Å². The maximum atomic E-state index is 6.02. The van der Waals surface area contributed by atoms with Crippen molar-refractivity contribution in [2.75, 3.05) is 5.75 Å². The summed E-state index contributed by atoms with van der Waals surface area (Å²) in [6, 6.07) is 10.0. The molecule has 0 aliphatic carbocycles. The van der Waals surface area contributed by atoms with E-state index in [1.165, 1.54) is 17.3 Å². The molecule has 0 unspecified atom stereocenters. The summed E-state index contributed by atoms with van der Waals surface area (Å²) in [6.07, 6.45) is 5.01. The highest BCUT2D eigenvalue weighted by atomic mass is 32.2. The van der Waals surface area contributed by atoms with Gasteiger partial charge in [-0.15, -0.1) is 10.2 Å². The van der Waals surface area contributed by atoms with E-state index in [9.17, 15) is 0 Å². The maximum absolute atomic E-state index is 6.02. The minimum atomic E-state index is -0.174. The second-order valence-electron chi connectivity index (χ2n) is 5.27. The smallest absolute Gasteiger partial charge is 0.276 e. The van der Waals surface area contributed by atoms with E-state index in [4.69, 9.17) is 10.2 Å². The lowest BCUT2D eigenvalue weighted by Crippen LogP contribution is -2.13. The molecule has 21 heavy (non-hydrogen) atoms. The Morgan fingerprint density at radius 2 is 2.00 bits per heavy atom. The standard InChI is InChI=1S/C16H21N3OS/c1-12(2)11-14(17)15-18-19-16(20-15)21-10-6-9-13-7-4-3-5-8-13/h3-9,12,14H,10-11,17H2,1-2H3/t14-/m0/s1. The van der Waals surface area contributed by atoms with Gasteiger partial charge in [0.2, 0.25) is 5.89 Å². The SMILES string of the molecule is CC(C)C[C@H](N)c1nnc(SCC=Cc2ccccc2)o1. The van der Waals surface area contributed by atoms with Crippen LogP contribution in [0.1, 0.15) is 37.8 Å². The van der Waals surface area contributed by atoms with Gasteiger partial charge >= 0.3 is 0 Å². The third kappa shape index (κ3) is 5.36. The van der Waals surface area contributed by atoms with Gasteiger partial charge in [0.15, 0.2) is 0 Å². The van der Waals surface area contributed by atoms with Crippen molar-refractivity contribution >= 4 is 17.8 Å². The van der Waals surface area contributed by atoms with E-state index < -0.39 is 0 Å². The topological polar surface area (TPSA) is 64.9 Å². The summed E-state index contributed by atoms with van der Waals surface area (Å²) in [6.45, 7) is 4.25. The van der Waals surface area contributed by atoms with Crippen LogP contribution in [0.25, 0.3) is 6.08 Å². The van der Waals surface area contributed by atoms with Crippen molar-refractivity contribution in [3.05, 3.63) is 47.9 Å². The summed E-state index contributed by atoms with van der Waals surface area (Å²) >= 11 is 1.51. The Kier molecular flexibility index (Phi) is 6.02. The van der Waals surface area contributed by atoms with Crippen LogP contribution in [-0.2, 0) is 0 Å². The molecule has 1 heterocycles. The summed E-state index contributed by atoms with van der Waals surface area (Å²) in [5, 5.41) is 8.61. The molecule has 1 atom stereocenters. The van der Waals surface area contributed by atoms with Gasteiger partial charge in [0.1, 0.15) is 0 Å². The molecule has 0 saturated carbocycles. The molecule has 112 valence electrons. The number of hydrogen-bond donors (Lipinski definition) is 1. The number of aromatic nitrogens is 2. The fourth-order valence-corrected chi connectivity index (χ4v) is 2.48. The molecular weight excluding hydrogens is 282 g/mol. The Morgan fingerprint density at radius 3 is 2.71 bits per heavy atom. The second kappa shape index (κ2) is 8.00. The van der Waals surface area contributed by atoms with E-state index in [0.717, 1.165) is 12.2 Å². The number of nitrogens with two attached hydrogens (primary N) is 1. The van der Waals surface area contributed by atoms with E-state index in [2.05, 4.69) is 48.3 Å². The zero-order valence-corrected chi connectivity index (χ0v) is 13.2. The summed E-state index contributed by atoms with van der Waals surface area (Å²) in [4.78, 5) is 0. The lowest BCUT2D eigenvalue weighted by molar-refractivity contribution is 0.361. The Balaban J connectivity index is 1.82. The average Bonchev–Trinajstić information content (AvgIpc) is 2.93. The molecule has 1 aromatic carbocycles. The normalized spacial score (nSPS) is 13.1. The third-order valence-electron chi connectivity index (χ3n) is 2.88. The van der Waals surface area contributed by atoms with Gasteiger partial charge in [0.25, 0.3) is 5.22 Å². The van der Waals surface area contributed by atoms with Gasteiger partial charge in [-0.05, 0) is 17.9 Å². The van der Waals surface area contributed by atoms with Gasteiger partial charge in [-0.2, -0.15) is 0 Å². The number of hydrogen-bond acceptors (Lipinski definition) is 5. The van der Waals surface area contributed by atoms with Crippen molar-refractivity contribution in [3.63, 3.8) is 0 Å². The molecule has 0 radical (unpaired) electrons. The van der Waals surface area contributed by atoms with Crippen LogP contribution >= 0.6 is 11.8 Å². The molecule has 0 saturated heterocycles. The first-order valence-corrected chi connectivity index (χ1v) is 8.07. The van der Waals surface area contributed by atoms with Crippen LogP contribution in [0, 0.1) is 5.92 Å². The van der Waals surface area contributed by atoms with Crippen LogP contribution in [-0.4, -0.2) is 16.0 Å². The molecule has 2 aromatic rings. The summed E-state index contributed by atoms with van der Waals surface area (Å²) in [5.74, 6) is 1.82. The predicted octanol–water partition coefficient (Wildman–Crippen LogP) is 3.92. The van der Waals surface area contributed by atoms with Crippen molar-refractivity contribution in [3.8, 4) is 0 Å². The molecule has 0 aliphatic rings. The Morgan fingerprint density at radius 1 is 1.24 bits per heavy atom. The summed E-state index contributed by atoms with van der Waals surface area (Å²) in [7, 11) is 0. The predicted molar refractivity (Wildman–Crippen MR) is 86.9 cm³/mol. The largest absolute Gasteiger partial charge is 0.414 e. The lowest BCUT2D eigenvalue weighted by atomic mass is 10.1. The molecule has 2 rings (SSSR count). The fourth-order valence-electron chi connectivity index (χ4n) is 1.90. The minimum Gasteiger partial charge on any atom is -0.414 e. The molecule has 1 aromatic heterocycles. The Hall–Kier alpha value is -1.59. The van der Waals surface area contributed by atoms with Gasteiger partial charge < -0.3 is 10.2 Å². The van der Waals surface area contributed by atoms with Crippen LogP contribution in [0.15, 0.2) is 46.0 Å². The zero-order chi connectivity index (χ0) is 15.1. The average molecular weight is 303 g/mol. The first-order chi connectivity index (χ1) is 10.1. The van der Waals surface area contributed by atoms with E-state index >= 15 is 0 Å². The molecule has 4 nitrogen and oxygen atoms in total. The highest BCUT2D eigenvalue weighted by Crippen LogP contribution is 2.22. The Bertz CT molecular complexity index is 566. The molecule has 0 fully saturated rings. The molecule has 0 bridgehead atoms. The van der Waals surface area contributed by atoms with Crippen LogP contribution in [0.4, 0.5) is 0 Å². The van der Waals surface area contributed by atoms with Crippen LogP contribution in [0.2, 0.25) is 0 Å². The van der Waals surface area contributed by atoms with Gasteiger partial charge in [-0.1, -0.05) is 68.1 Å². The zero-order valence-electron chi connectivity index (χ0n) is 12.4. The highest BCUT2D eigenvalue weighted by molar-refractivity contribution is 7.99. The first-order valence-electron chi connectivity index (χ1n) is 7.08. The van der Waals surface area contributed by atoms with Crippen LogP contribution in [0.3, 0.4) is 0 Å². The monoisotopic (exact) mass is 303 g/mol. The van der Waals surface area contributed by atoms with Gasteiger partial charge in [-0.3, -0.25) is 0 Å². The highest BCUT2D eigenvalue weighted by Gasteiger charge is 2.15. The summed E-state index contributed by atoms with van der Waals surface area (Å²) < 4.78 is 5.58. The lowest BCUT2D eigenvalue weighted by Gasteiger charge is -2.08. The second-order valence-corrected chi connectivity index (χ2v) is 6.24. The number of rotatable bonds is 7. The molecule has 0 aliphatic heterocycles. The van der Waals surface area contributed by atoms with Gasteiger partial charge in [0.05, 0.1) is 6.04 Å². The minimum absolute atomic E-state index is 0.174. The van der Waals surface area contributed by atoms with Crippen LogP contribution < -0.4 is 5.73 Å². The van der Waals surface area contributed by atoms with Crippen molar-refractivity contribution in [1.29, 1.82) is 0 Å². The molecular formula is C16H21N3OS. The van der Waals surface area contributed by atoms with Crippen molar-refractivity contribution in [2.24, 2.45) is 11.7 Å². The number of nitrogens with zero attached hydrogens (tertiary/aromatic N) is 2. The van der Waals surface area contributed by atoms with Gasteiger partial charge in [0, 0.05) is 5.75 Å². The maximum Gasteiger partial charge on any atom is 0.276 e. The van der Waals surface area contributed by atoms with Gasteiger partial charge in [-0.25, -0.2) is 0 Å². The fraction of sp³-hybridized carbons (Fsp3) is 0.375. The molecule has 0 amide bonds. The third-order valence-corrected chi connectivity index (χ3v) is 3.65. The van der Waals surface area contributed by atoms with Crippen molar-refractivity contribution < 1.29 is 4.42 Å². The van der Waals surface area contributed by atoms with E-state index in [1.54, 1.807) is 0 Å². The van der Waals surface area contributed by atoms with E-state index in [0.29, 0.717) is 17.0 Å².